The molecular formula is C21H28ClN3O3S. The van der Waals surface area contributed by atoms with Gasteiger partial charge in [-0.05, 0) is 82.6 Å². The van der Waals surface area contributed by atoms with Gasteiger partial charge in [-0.1, -0.05) is 0 Å². The highest BCUT2D eigenvalue weighted by molar-refractivity contribution is 7.19. The maximum Gasteiger partial charge on any atom is 0.306 e. The van der Waals surface area contributed by atoms with Gasteiger partial charge in [-0.3, -0.25) is 4.79 Å². The smallest absolute Gasteiger partial charge is 0.306 e. The zero-order valence-corrected chi connectivity index (χ0v) is 18.8. The number of hydrogen-bond donors (Lipinski definition) is 0. The molecule has 158 valence electrons. The van der Waals surface area contributed by atoms with Crippen molar-refractivity contribution < 1.29 is 14.3 Å². The van der Waals surface area contributed by atoms with Gasteiger partial charge in [-0.15, -0.1) is 11.3 Å². The Bertz CT molecular complexity index is 893. The second-order valence-electron chi connectivity index (χ2n) is 8.17. The Hall–Kier alpha value is -1.44. The first kappa shape index (κ1) is 20.8. The second-order valence-corrected chi connectivity index (χ2v) is 9.60. The number of aromatic nitrogens is 2. The Kier molecular flexibility index (Phi) is 6.27. The topological polar surface area (TPSA) is 64.5 Å². The van der Waals surface area contributed by atoms with Crippen LogP contribution < -0.4 is 4.74 Å². The monoisotopic (exact) mass is 437 g/mol. The van der Waals surface area contributed by atoms with Crippen molar-refractivity contribution in [1.82, 2.24) is 14.9 Å². The fraction of sp³-hybridized carbons (Fsp3) is 0.667. The first-order valence-electron chi connectivity index (χ1n) is 10.4. The SMILES string of the molecule is CCOC(=O)CC1CCc2sc3nc(Cl)nc(O[C@H]4CC[C@H](N(C)C)CC4)c3c21. The molecule has 2 heterocycles. The molecule has 2 aliphatic rings. The summed E-state index contributed by atoms with van der Waals surface area (Å²) in [4.78, 5) is 25.4. The molecule has 1 fully saturated rings. The molecule has 8 heteroatoms. The highest BCUT2D eigenvalue weighted by atomic mass is 35.5. The van der Waals surface area contributed by atoms with Crippen molar-refractivity contribution in [3.05, 3.63) is 15.7 Å². The number of rotatable bonds is 6. The van der Waals surface area contributed by atoms with E-state index in [4.69, 9.17) is 21.1 Å². The molecule has 0 bridgehead atoms. The van der Waals surface area contributed by atoms with E-state index in [1.165, 1.54) is 10.4 Å². The minimum absolute atomic E-state index is 0.134. The lowest BCUT2D eigenvalue weighted by atomic mass is 9.92. The summed E-state index contributed by atoms with van der Waals surface area (Å²) in [5, 5.41) is 1.17. The standard InChI is InChI=1S/C21H28ClN3O3S/c1-4-27-16(26)11-12-5-10-15-17(12)18-19(23-21(22)24-20(18)29-15)28-14-8-6-13(7-9-14)25(2)3/h12-14H,4-11H2,1-3H3/t12?,13-,14-. The fourth-order valence-corrected chi connectivity index (χ4v) is 6.10. The summed E-state index contributed by atoms with van der Waals surface area (Å²) in [5.41, 5.74) is 1.17. The number of carbonyl (C=O) groups is 1. The summed E-state index contributed by atoms with van der Waals surface area (Å²) in [6, 6.07) is 0.614. The van der Waals surface area contributed by atoms with Crippen LogP contribution in [-0.2, 0) is 16.0 Å². The average Bonchev–Trinajstić information content (AvgIpc) is 3.21. The number of nitrogens with zero attached hydrogens (tertiary/aromatic N) is 3. The summed E-state index contributed by atoms with van der Waals surface area (Å²) in [5.74, 6) is 0.569. The number of aryl methyl sites for hydroxylation is 1. The van der Waals surface area contributed by atoms with Crippen molar-refractivity contribution in [2.45, 2.75) is 69.9 Å². The Morgan fingerprint density at radius 2 is 1.97 bits per heavy atom. The lowest BCUT2D eigenvalue weighted by molar-refractivity contribution is -0.143. The van der Waals surface area contributed by atoms with Crippen LogP contribution in [0.5, 0.6) is 5.88 Å². The molecule has 0 radical (unpaired) electrons. The van der Waals surface area contributed by atoms with Crippen LogP contribution >= 0.6 is 22.9 Å². The van der Waals surface area contributed by atoms with E-state index in [0.29, 0.717) is 24.9 Å². The van der Waals surface area contributed by atoms with Crippen LogP contribution in [0.2, 0.25) is 5.28 Å². The molecule has 2 aromatic heterocycles. The Labute approximate surface area is 180 Å². The molecule has 6 nitrogen and oxygen atoms in total. The zero-order valence-electron chi connectivity index (χ0n) is 17.2. The maximum absolute atomic E-state index is 12.1. The number of carbonyl (C=O) groups excluding carboxylic acids is 1. The molecule has 0 saturated heterocycles. The van der Waals surface area contributed by atoms with Crippen LogP contribution in [0, 0.1) is 0 Å². The van der Waals surface area contributed by atoms with Gasteiger partial charge < -0.3 is 14.4 Å². The van der Waals surface area contributed by atoms with E-state index in [2.05, 4.69) is 29.0 Å². The minimum atomic E-state index is -0.149. The first-order valence-corrected chi connectivity index (χ1v) is 11.6. The summed E-state index contributed by atoms with van der Waals surface area (Å²) in [6.07, 6.45) is 6.68. The highest BCUT2D eigenvalue weighted by Gasteiger charge is 2.33. The number of halogens is 1. The van der Waals surface area contributed by atoms with Crippen molar-refractivity contribution in [2.24, 2.45) is 0 Å². The largest absolute Gasteiger partial charge is 0.474 e. The molecule has 1 saturated carbocycles. The Balaban J connectivity index is 1.60. The van der Waals surface area contributed by atoms with Gasteiger partial charge >= 0.3 is 5.97 Å². The van der Waals surface area contributed by atoms with Crippen LogP contribution in [0.25, 0.3) is 10.2 Å². The van der Waals surface area contributed by atoms with Crippen LogP contribution in [0.1, 0.15) is 61.8 Å². The van der Waals surface area contributed by atoms with Gasteiger partial charge in [0.15, 0.2) is 0 Å². The first-order chi connectivity index (χ1) is 14.0. The number of esters is 1. The predicted molar refractivity (Wildman–Crippen MR) is 115 cm³/mol. The van der Waals surface area contributed by atoms with Crippen LogP contribution in [0.4, 0.5) is 0 Å². The number of ether oxygens (including phenoxy) is 2. The Morgan fingerprint density at radius 3 is 2.66 bits per heavy atom. The number of fused-ring (bicyclic) bond motifs is 3. The number of hydrogen-bond acceptors (Lipinski definition) is 7. The zero-order chi connectivity index (χ0) is 20.5. The van der Waals surface area contributed by atoms with E-state index in [9.17, 15) is 4.79 Å². The molecular weight excluding hydrogens is 410 g/mol. The lowest BCUT2D eigenvalue weighted by Crippen LogP contribution is -2.35. The molecule has 1 unspecified atom stereocenters. The molecule has 0 amide bonds. The quantitative estimate of drug-likeness (QED) is 0.486. The van der Waals surface area contributed by atoms with Crippen molar-refractivity contribution in [3.63, 3.8) is 0 Å². The van der Waals surface area contributed by atoms with Crippen LogP contribution in [0.15, 0.2) is 0 Å². The van der Waals surface area contributed by atoms with E-state index in [1.54, 1.807) is 11.3 Å². The van der Waals surface area contributed by atoms with Gasteiger partial charge in [0.25, 0.3) is 0 Å². The van der Waals surface area contributed by atoms with Gasteiger partial charge in [-0.2, -0.15) is 4.98 Å². The van der Waals surface area contributed by atoms with Crippen molar-refractivity contribution in [2.75, 3.05) is 20.7 Å². The summed E-state index contributed by atoms with van der Waals surface area (Å²) in [7, 11) is 4.27. The highest BCUT2D eigenvalue weighted by Crippen LogP contribution is 2.48. The molecule has 0 aliphatic heterocycles. The van der Waals surface area contributed by atoms with Gasteiger partial charge in [-0.25, -0.2) is 4.98 Å². The number of thiophene rings is 1. The van der Waals surface area contributed by atoms with Crippen LogP contribution in [0.3, 0.4) is 0 Å². The van der Waals surface area contributed by atoms with Gasteiger partial charge in [0.2, 0.25) is 11.2 Å². The molecule has 29 heavy (non-hydrogen) atoms. The summed E-state index contributed by atoms with van der Waals surface area (Å²) < 4.78 is 11.6. The van der Waals surface area contributed by atoms with E-state index in [-0.39, 0.29) is 23.3 Å². The van der Waals surface area contributed by atoms with E-state index < -0.39 is 0 Å². The van der Waals surface area contributed by atoms with Gasteiger partial charge in [0.05, 0.1) is 18.4 Å². The van der Waals surface area contributed by atoms with Crippen molar-refractivity contribution in [3.8, 4) is 5.88 Å². The average molecular weight is 438 g/mol. The summed E-state index contributed by atoms with van der Waals surface area (Å²) in [6.45, 7) is 2.25. The molecule has 4 rings (SSSR count). The molecule has 0 aromatic carbocycles. The second kappa shape index (κ2) is 8.74. The van der Waals surface area contributed by atoms with Gasteiger partial charge in [0, 0.05) is 10.9 Å². The fourth-order valence-electron chi connectivity index (χ4n) is 4.63. The molecule has 2 aliphatic carbocycles. The lowest BCUT2D eigenvalue weighted by Gasteiger charge is -2.32. The van der Waals surface area contributed by atoms with Gasteiger partial charge in [0.1, 0.15) is 10.9 Å². The van der Waals surface area contributed by atoms with Crippen molar-refractivity contribution in [1.29, 1.82) is 0 Å². The molecule has 0 spiro atoms. The van der Waals surface area contributed by atoms with Crippen LogP contribution in [-0.4, -0.2) is 53.7 Å². The third-order valence-corrected chi connectivity index (χ3v) is 7.43. The van der Waals surface area contributed by atoms with E-state index >= 15 is 0 Å². The molecule has 2 aromatic rings. The minimum Gasteiger partial charge on any atom is -0.474 e. The van der Waals surface area contributed by atoms with E-state index in [0.717, 1.165) is 48.7 Å². The molecule has 1 atom stereocenters. The normalized spacial score (nSPS) is 24.1. The van der Waals surface area contributed by atoms with E-state index in [1.807, 2.05) is 6.92 Å². The van der Waals surface area contributed by atoms with Crippen molar-refractivity contribution >= 4 is 39.1 Å². The summed E-state index contributed by atoms with van der Waals surface area (Å²) >= 11 is 7.87. The maximum atomic E-state index is 12.1. The third-order valence-electron chi connectivity index (χ3n) is 6.10. The third kappa shape index (κ3) is 4.37. The Morgan fingerprint density at radius 1 is 1.21 bits per heavy atom. The molecule has 0 N–H and O–H groups in total. The predicted octanol–water partition coefficient (Wildman–Crippen LogP) is 4.58.